The van der Waals surface area contributed by atoms with E-state index in [-0.39, 0.29) is 17.3 Å². The van der Waals surface area contributed by atoms with Crippen LogP contribution in [0.5, 0.6) is 0 Å². The van der Waals surface area contributed by atoms with Crippen LogP contribution in [0.4, 0.5) is 18.9 Å². The monoisotopic (exact) mass is 298 g/mol. The number of alkyl halides is 3. The maximum absolute atomic E-state index is 12.8. The fraction of sp³-hybridized carbons (Fsp3) is 0.533. The van der Waals surface area contributed by atoms with Crippen molar-refractivity contribution in [2.24, 2.45) is 11.8 Å². The average Bonchev–Trinajstić information content (AvgIpc) is 3.00. The summed E-state index contributed by atoms with van der Waals surface area (Å²) in [7, 11) is 0. The van der Waals surface area contributed by atoms with Crippen molar-refractivity contribution in [2.75, 3.05) is 5.73 Å². The lowest BCUT2D eigenvalue weighted by Gasteiger charge is -2.23. The molecule has 2 bridgehead atoms. The Morgan fingerprint density at radius 1 is 1.24 bits per heavy atom. The summed E-state index contributed by atoms with van der Waals surface area (Å²) in [6.07, 6.45) is -0.174. The van der Waals surface area contributed by atoms with Crippen LogP contribution in [-0.4, -0.2) is 11.9 Å². The molecular weight excluding hydrogens is 281 g/mol. The average molecular weight is 298 g/mol. The van der Waals surface area contributed by atoms with E-state index in [1.807, 2.05) is 0 Å². The zero-order valence-corrected chi connectivity index (χ0v) is 11.4. The number of carbonyl (C=O) groups is 1. The number of carbonyl (C=O) groups excluding carboxylic acids is 1. The number of benzene rings is 1. The van der Waals surface area contributed by atoms with Crippen molar-refractivity contribution in [2.45, 2.75) is 37.9 Å². The predicted octanol–water partition coefficient (Wildman–Crippen LogP) is 3.21. The quantitative estimate of drug-likeness (QED) is 0.824. The van der Waals surface area contributed by atoms with Gasteiger partial charge in [0.2, 0.25) is 0 Å². The van der Waals surface area contributed by atoms with Gasteiger partial charge in [-0.1, -0.05) is 6.42 Å². The molecule has 1 amide bonds. The minimum absolute atomic E-state index is 0.0132. The molecule has 2 aliphatic rings. The smallest absolute Gasteiger partial charge is 0.398 e. The van der Waals surface area contributed by atoms with E-state index in [0.717, 1.165) is 31.4 Å². The summed E-state index contributed by atoms with van der Waals surface area (Å²) in [5, 5.41) is 2.88. The van der Waals surface area contributed by atoms with Crippen LogP contribution >= 0.6 is 0 Å². The number of hydrogen-bond acceptors (Lipinski definition) is 2. The SMILES string of the molecule is Nc1ccc(C(=O)NC2CC3CCC2C3)cc1C(F)(F)F. The van der Waals surface area contributed by atoms with E-state index in [4.69, 9.17) is 5.73 Å². The molecular formula is C15H17F3N2O. The van der Waals surface area contributed by atoms with Crippen LogP contribution in [0.2, 0.25) is 0 Å². The first-order chi connectivity index (χ1) is 9.84. The normalized spacial score (nSPS) is 27.9. The van der Waals surface area contributed by atoms with Gasteiger partial charge in [-0.15, -0.1) is 0 Å². The second-order valence-electron chi connectivity index (χ2n) is 6.05. The van der Waals surface area contributed by atoms with Gasteiger partial charge in [0.15, 0.2) is 0 Å². The Bertz CT molecular complexity index is 571. The van der Waals surface area contributed by atoms with E-state index in [1.54, 1.807) is 0 Å². The van der Waals surface area contributed by atoms with E-state index < -0.39 is 17.6 Å². The van der Waals surface area contributed by atoms with Crippen LogP contribution in [0.15, 0.2) is 18.2 Å². The number of nitrogen functional groups attached to an aromatic ring is 1. The number of anilines is 1. The Morgan fingerprint density at radius 3 is 2.57 bits per heavy atom. The Hall–Kier alpha value is -1.72. The van der Waals surface area contributed by atoms with Crippen molar-refractivity contribution in [1.29, 1.82) is 0 Å². The molecule has 2 saturated carbocycles. The van der Waals surface area contributed by atoms with E-state index in [1.165, 1.54) is 12.5 Å². The highest BCUT2D eigenvalue weighted by atomic mass is 19.4. The minimum atomic E-state index is -4.55. The first kappa shape index (κ1) is 14.2. The molecule has 3 unspecified atom stereocenters. The van der Waals surface area contributed by atoms with Crippen molar-refractivity contribution in [3.8, 4) is 0 Å². The maximum Gasteiger partial charge on any atom is 0.418 e. The van der Waals surface area contributed by atoms with Crippen molar-refractivity contribution < 1.29 is 18.0 Å². The number of amides is 1. The Labute approximate surface area is 120 Å². The standard InChI is InChI=1S/C15H17F3N2O/c16-15(17,18)11-7-10(3-4-12(11)19)14(21)20-13-6-8-1-2-9(13)5-8/h3-4,7-9,13H,1-2,5-6,19H2,(H,20,21). The molecule has 1 aromatic rings. The third-order valence-electron chi connectivity index (χ3n) is 4.68. The fourth-order valence-electron chi connectivity index (χ4n) is 3.62. The highest BCUT2D eigenvalue weighted by Gasteiger charge is 2.40. The van der Waals surface area contributed by atoms with Crippen molar-refractivity contribution in [3.05, 3.63) is 29.3 Å². The summed E-state index contributed by atoms with van der Waals surface area (Å²) in [4.78, 5) is 12.1. The van der Waals surface area contributed by atoms with Crippen LogP contribution in [0.1, 0.15) is 41.6 Å². The lowest BCUT2D eigenvalue weighted by atomic mass is 9.95. The molecule has 0 radical (unpaired) electrons. The molecule has 3 nitrogen and oxygen atoms in total. The molecule has 1 aromatic carbocycles. The molecule has 2 fully saturated rings. The molecule has 2 aliphatic carbocycles. The third kappa shape index (κ3) is 2.71. The predicted molar refractivity (Wildman–Crippen MR) is 72.6 cm³/mol. The number of rotatable bonds is 2. The zero-order valence-electron chi connectivity index (χ0n) is 11.4. The van der Waals surface area contributed by atoms with Gasteiger partial charge in [0.25, 0.3) is 5.91 Å². The molecule has 0 saturated heterocycles. The van der Waals surface area contributed by atoms with Crippen LogP contribution in [0, 0.1) is 11.8 Å². The maximum atomic E-state index is 12.8. The van der Waals surface area contributed by atoms with E-state index in [9.17, 15) is 18.0 Å². The van der Waals surface area contributed by atoms with Crippen LogP contribution in [0.3, 0.4) is 0 Å². The fourth-order valence-corrected chi connectivity index (χ4v) is 3.62. The second-order valence-corrected chi connectivity index (χ2v) is 6.05. The topological polar surface area (TPSA) is 55.1 Å². The highest BCUT2D eigenvalue weighted by Crippen LogP contribution is 2.44. The first-order valence-corrected chi connectivity index (χ1v) is 7.12. The van der Waals surface area contributed by atoms with Gasteiger partial charge in [-0.25, -0.2) is 0 Å². The lowest BCUT2D eigenvalue weighted by molar-refractivity contribution is -0.136. The highest BCUT2D eigenvalue weighted by molar-refractivity contribution is 5.95. The first-order valence-electron chi connectivity index (χ1n) is 7.12. The van der Waals surface area contributed by atoms with Crippen LogP contribution in [-0.2, 0) is 6.18 Å². The van der Waals surface area contributed by atoms with Gasteiger partial charge in [0, 0.05) is 17.3 Å². The molecule has 114 valence electrons. The van der Waals surface area contributed by atoms with Gasteiger partial charge in [-0.3, -0.25) is 4.79 Å². The van der Waals surface area contributed by atoms with E-state index in [0.29, 0.717) is 11.8 Å². The Kier molecular flexibility index (Phi) is 3.34. The molecule has 0 heterocycles. The molecule has 21 heavy (non-hydrogen) atoms. The molecule has 0 aliphatic heterocycles. The lowest BCUT2D eigenvalue weighted by Crippen LogP contribution is -2.38. The summed E-state index contributed by atoms with van der Waals surface area (Å²) < 4.78 is 38.4. The number of nitrogens with two attached hydrogens (primary N) is 1. The summed E-state index contributed by atoms with van der Waals surface area (Å²) in [5.74, 6) is 0.699. The summed E-state index contributed by atoms with van der Waals surface area (Å²) >= 11 is 0. The van der Waals surface area contributed by atoms with Gasteiger partial charge in [0.1, 0.15) is 0 Å². The second kappa shape index (κ2) is 4.93. The van der Waals surface area contributed by atoms with Gasteiger partial charge >= 0.3 is 6.18 Å². The van der Waals surface area contributed by atoms with Crippen molar-refractivity contribution >= 4 is 11.6 Å². The Morgan fingerprint density at radius 2 is 2.00 bits per heavy atom. The van der Waals surface area contributed by atoms with Gasteiger partial charge in [-0.2, -0.15) is 13.2 Å². The molecule has 0 aromatic heterocycles. The number of hydrogen-bond donors (Lipinski definition) is 2. The third-order valence-corrected chi connectivity index (χ3v) is 4.68. The van der Waals surface area contributed by atoms with Gasteiger partial charge < -0.3 is 11.1 Å². The molecule has 0 spiro atoms. The minimum Gasteiger partial charge on any atom is -0.398 e. The molecule has 3 N–H and O–H groups in total. The van der Waals surface area contributed by atoms with Crippen molar-refractivity contribution in [1.82, 2.24) is 5.32 Å². The number of halogens is 3. The summed E-state index contributed by atoms with van der Waals surface area (Å²) in [6.45, 7) is 0. The van der Waals surface area contributed by atoms with E-state index >= 15 is 0 Å². The zero-order chi connectivity index (χ0) is 15.2. The van der Waals surface area contributed by atoms with E-state index in [2.05, 4.69) is 5.32 Å². The van der Waals surface area contributed by atoms with Gasteiger partial charge in [0.05, 0.1) is 5.56 Å². The summed E-state index contributed by atoms with van der Waals surface area (Å²) in [5.41, 5.74) is 4.03. The summed E-state index contributed by atoms with van der Waals surface area (Å²) in [6, 6.07) is 3.41. The Balaban J connectivity index is 1.76. The van der Waals surface area contributed by atoms with Crippen molar-refractivity contribution in [3.63, 3.8) is 0 Å². The van der Waals surface area contributed by atoms with Crippen LogP contribution in [0.25, 0.3) is 0 Å². The van der Waals surface area contributed by atoms with Crippen LogP contribution < -0.4 is 11.1 Å². The molecule has 3 rings (SSSR count). The number of nitrogens with one attached hydrogen (secondary N) is 1. The van der Waals surface area contributed by atoms with Gasteiger partial charge in [-0.05, 0) is 49.3 Å². The molecule has 3 atom stereocenters. The number of fused-ring (bicyclic) bond motifs is 2. The largest absolute Gasteiger partial charge is 0.418 e. The molecule has 6 heteroatoms.